The highest BCUT2D eigenvalue weighted by Gasteiger charge is 2.31. The molecule has 0 saturated heterocycles. The van der Waals surface area contributed by atoms with Crippen LogP contribution in [-0.4, -0.2) is 35.9 Å². The van der Waals surface area contributed by atoms with Gasteiger partial charge in [-0.3, -0.25) is 4.79 Å². The number of sulfone groups is 1. The van der Waals surface area contributed by atoms with Crippen molar-refractivity contribution in [1.82, 2.24) is 0 Å². The number of benzene rings is 1. The number of rotatable bonds is 4. The number of amides is 1. The third kappa shape index (κ3) is 3.89. The van der Waals surface area contributed by atoms with Gasteiger partial charge in [0.15, 0.2) is 9.84 Å². The quantitative estimate of drug-likeness (QED) is 0.878. The van der Waals surface area contributed by atoms with Crippen molar-refractivity contribution in [3.8, 4) is 0 Å². The van der Waals surface area contributed by atoms with Crippen LogP contribution in [0, 0.1) is 0 Å². The van der Waals surface area contributed by atoms with E-state index in [0.29, 0.717) is 11.1 Å². The maximum Gasteiger partial charge on any atom is 0.345 e. The minimum atomic E-state index is -3.55. The number of hydrogen-bond donors (Lipinski definition) is 2. The normalized spacial score (nSPS) is 12.3. The summed E-state index contributed by atoms with van der Waals surface area (Å²) in [5.41, 5.74) is 0.432. The lowest BCUT2D eigenvalue weighted by Crippen LogP contribution is -2.35. The molecule has 0 fully saturated rings. The molecule has 0 spiro atoms. The van der Waals surface area contributed by atoms with E-state index in [0.717, 1.165) is 16.0 Å². The van der Waals surface area contributed by atoms with Gasteiger partial charge in [-0.15, -0.1) is 11.3 Å². The molecule has 23 heavy (non-hydrogen) atoms. The van der Waals surface area contributed by atoms with E-state index < -0.39 is 32.2 Å². The van der Waals surface area contributed by atoms with Crippen molar-refractivity contribution in [2.45, 2.75) is 25.5 Å². The SMILES string of the molecule is CC(C)(C)S(=O)(=O)CC(=O)Nc1ccc2sc(C(=O)O)cc2c1. The van der Waals surface area contributed by atoms with Crippen LogP contribution in [-0.2, 0) is 14.6 Å². The molecule has 1 amide bonds. The first kappa shape index (κ1) is 17.4. The number of carboxylic acids is 1. The predicted octanol–water partition coefficient (Wildman–Crippen LogP) is 2.75. The zero-order valence-electron chi connectivity index (χ0n) is 12.9. The summed E-state index contributed by atoms with van der Waals surface area (Å²) >= 11 is 1.14. The summed E-state index contributed by atoms with van der Waals surface area (Å²) in [5, 5.41) is 12.2. The Kier molecular flexibility index (Phi) is 4.50. The highest BCUT2D eigenvalue weighted by molar-refractivity contribution is 7.93. The average molecular weight is 355 g/mol. The average Bonchev–Trinajstić information content (AvgIpc) is 2.79. The van der Waals surface area contributed by atoms with E-state index in [1.54, 1.807) is 39.0 Å². The Morgan fingerprint density at radius 2 is 1.87 bits per heavy atom. The minimum Gasteiger partial charge on any atom is -0.477 e. The molecule has 0 radical (unpaired) electrons. The standard InChI is InChI=1S/C15H17NO5S2/c1-15(2,3)23(20,21)8-13(17)16-10-4-5-11-9(6-10)7-12(22-11)14(18)19/h4-7H,8H2,1-3H3,(H,16,17)(H,18,19). The molecule has 8 heteroatoms. The second-order valence-electron chi connectivity index (χ2n) is 6.09. The number of hydrogen-bond acceptors (Lipinski definition) is 5. The molecular formula is C15H17NO5S2. The maximum atomic E-state index is 12.0. The molecule has 0 aliphatic heterocycles. The Hall–Kier alpha value is -1.93. The number of aromatic carboxylic acids is 1. The van der Waals surface area contributed by atoms with E-state index in [9.17, 15) is 18.0 Å². The van der Waals surface area contributed by atoms with Gasteiger partial charge in [0, 0.05) is 10.4 Å². The molecule has 2 aromatic rings. The van der Waals surface area contributed by atoms with Crippen molar-refractivity contribution in [1.29, 1.82) is 0 Å². The Labute approximate surface area is 138 Å². The third-order valence-electron chi connectivity index (χ3n) is 3.26. The van der Waals surface area contributed by atoms with Gasteiger partial charge in [0.25, 0.3) is 0 Å². The van der Waals surface area contributed by atoms with Gasteiger partial charge in [-0.25, -0.2) is 13.2 Å². The van der Waals surface area contributed by atoms with Crippen LogP contribution in [0.5, 0.6) is 0 Å². The zero-order valence-corrected chi connectivity index (χ0v) is 14.5. The predicted molar refractivity (Wildman–Crippen MR) is 91.0 cm³/mol. The molecule has 0 atom stereocenters. The number of nitrogens with one attached hydrogen (secondary N) is 1. The molecule has 124 valence electrons. The van der Waals surface area contributed by atoms with Gasteiger partial charge in [-0.2, -0.15) is 0 Å². The van der Waals surface area contributed by atoms with E-state index >= 15 is 0 Å². The molecule has 6 nitrogen and oxygen atoms in total. The molecule has 0 unspecified atom stereocenters. The third-order valence-corrected chi connectivity index (χ3v) is 6.88. The molecule has 1 aromatic heterocycles. The summed E-state index contributed by atoms with van der Waals surface area (Å²) in [6.45, 7) is 4.63. The topological polar surface area (TPSA) is 101 Å². The van der Waals surface area contributed by atoms with Gasteiger partial charge in [-0.05, 0) is 50.4 Å². The molecule has 0 bridgehead atoms. The van der Waals surface area contributed by atoms with E-state index in [1.165, 1.54) is 6.07 Å². The summed E-state index contributed by atoms with van der Waals surface area (Å²) in [7, 11) is -3.55. The Bertz CT molecular complexity index is 875. The fraction of sp³-hybridized carbons (Fsp3) is 0.333. The van der Waals surface area contributed by atoms with E-state index in [4.69, 9.17) is 5.11 Å². The van der Waals surface area contributed by atoms with E-state index in [1.807, 2.05) is 0 Å². The molecule has 1 aromatic carbocycles. The Morgan fingerprint density at radius 1 is 1.22 bits per heavy atom. The molecular weight excluding hydrogens is 338 g/mol. The second kappa shape index (κ2) is 5.93. The monoisotopic (exact) mass is 355 g/mol. The number of fused-ring (bicyclic) bond motifs is 1. The van der Waals surface area contributed by atoms with Crippen LogP contribution >= 0.6 is 11.3 Å². The van der Waals surface area contributed by atoms with Crippen LogP contribution in [0.3, 0.4) is 0 Å². The van der Waals surface area contributed by atoms with Gasteiger partial charge >= 0.3 is 5.97 Å². The Morgan fingerprint density at radius 3 is 2.43 bits per heavy atom. The summed E-state index contributed by atoms with van der Waals surface area (Å²) in [6, 6.07) is 6.45. The lowest BCUT2D eigenvalue weighted by atomic mass is 10.2. The van der Waals surface area contributed by atoms with Crippen molar-refractivity contribution in [2.24, 2.45) is 0 Å². The number of carboxylic acid groups (broad SMARTS) is 1. The second-order valence-corrected chi connectivity index (χ2v) is 9.91. The summed E-state index contributed by atoms with van der Waals surface area (Å²) in [6.07, 6.45) is 0. The van der Waals surface area contributed by atoms with Gasteiger partial charge in [0.05, 0.1) is 4.75 Å². The summed E-state index contributed by atoms with van der Waals surface area (Å²) in [4.78, 5) is 23.1. The largest absolute Gasteiger partial charge is 0.477 e. The van der Waals surface area contributed by atoms with Crippen LogP contribution in [0.15, 0.2) is 24.3 Å². The maximum absolute atomic E-state index is 12.0. The number of carbonyl (C=O) groups excluding carboxylic acids is 1. The molecule has 1 heterocycles. The molecule has 0 aliphatic rings. The zero-order chi connectivity index (χ0) is 17.4. The van der Waals surface area contributed by atoms with Crippen molar-refractivity contribution in [3.05, 3.63) is 29.1 Å². The van der Waals surface area contributed by atoms with Gasteiger partial charge in [0.1, 0.15) is 10.6 Å². The van der Waals surface area contributed by atoms with Crippen LogP contribution < -0.4 is 5.32 Å². The lowest BCUT2D eigenvalue weighted by molar-refractivity contribution is -0.113. The molecule has 2 rings (SSSR count). The fourth-order valence-electron chi connectivity index (χ4n) is 1.81. The van der Waals surface area contributed by atoms with Crippen LogP contribution in [0.4, 0.5) is 5.69 Å². The summed E-state index contributed by atoms with van der Waals surface area (Å²) < 4.78 is 23.8. The van der Waals surface area contributed by atoms with Crippen LogP contribution in [0.1, 0.15) is 30.4 Å². The van der Waals surface area contributed by atoms with Crippen molar-refractivity contribution in [2.75, 3.05) is 11.1 Å². The number of anilines is 1. The highest BCUT2D eigenvalue weighted by Crippen LogP contribution is 2.28. The van der Waals surface area contributed by atoms with Gasteiger partial charge < -0.3 is 10.4 Å². The Balaban J connectivity index is 2.19. The fourth-order valence-corrected chi connectivity index (χ4v) is 3.54. The number of carbonyl (C=O) groups is 2. The first-order valence-corrected chi connectivity index (χ1v) is 9.25. The van der Waals surface area contributed by atoms with Crippen LogP contribution in [0.2, 0.25) is 0 Å². The van der Waals surface area contributed by atoms with Gasteiger partial charge in [0.2, 0.25) is 5.91 Å². The van der Waals surface area contributed by atoms with Crippen LogP contribution in [0.25, 0.3) is 10.1 Å². The van der Waals surface area contributed by atoms with Crippen molar-refractivity contribution >= 4 is 48.8 Å². The van der Waals surface area contributed by atoms with Crippen molar-refractivity contribution < 1.29 is 23.1 Å². The molecule has 2 N–H and O–H groups in total. The number of thiophene rings is 1. The summed E-state index contributed by atoms with van der Waals surface area (Å²) in [5.74, 6) is -2.22. The smallest absolute Gasteiger partial charge is 0.345 e. The highest BCUT2D eigenvalue weighted by atomic mass is 32.2. The minimum absolute atomic E-state index is 0.207. The van der Waals surface area contributed by atoms with Gasteiger partial charge in [-0.1, -0.05) is 0 Å². The first-order valence-electron chi connectivity index (χ1n) is 6.79. The molecule has 0 aliphatic carbocycles. The van der Waals surface area contributed by atoms with E-state index in [-0.39, 0.29) is 4.88 Å². The van der Waals surface area contributed by atoms with E-state index in [2.05, 4.69) is 5.32 Å². The molecule has 0 saturated carbocycles. The van der Waals surface area contributed by atoms with Crippen molar-refractivity contribution in [3.63, 3.8) is 0 Å². The first-order chi connectivity index (χ1) is 10.5. The lowest BCUT2D eigenvalue weighted by Gasteiger charge is -2.18.